The van der Waals surface area contributed by atoms with Crippen LogP contribution in [0.3, 0.4) is 0 Å². The van der Waals surface area contributed by atoms with Crippen molar-refractivity contribution in [2.75, 3.05) is 13.1 Å². The summed E-state index contributed by atoms with van der Waals surface area (Å²) in [4.78, 5) is 11.8. The van der Waals surface area contributed by atoms with Gasteiger partial charge in [-0.2, -0.15) is 0 Å². The van der Waals surface area contributed by atoms with Gasteiger partial charge in [-0.3, -0.25) is 4.79 Å². The minimum absolute atomic E-state index is 0.00288. The minimum Gasteiger partial charge on any atom is -0.349 e. The Hall–Kier alpha value is -1.20. The molecule has 0 saturated carbocycles. The van der Waals surface area contributed by atoms with Gasteiger partial charge in [0.25, 0.3) is 5.91 Å². The third-order valence-corrected chi connectivity index (χ3v) is 3.22. The van der Waals surface area contributed by atoms with E-state index in [-0.39, 0.29) is 16.6 Å². The van der Waals surface area contributed by atoms with Crippen molar-refractivity contribution in [1.29, 1.82) is 0 Å². The average Bonchev–Trinajstić information content (AvgIpc) is 2.35. The molecule has 1 fully saturated rings. The molecular weight excluding hydrogens is 262 g/mol. The Balaban J connectivity index is 2.10. The number of rotatable bonds is 2. The van der Waals surface area contributed by atoms with Crippen molar-refractivity contribution >= 4 is 17.5 Å². The summed E-state index contributed by atoms with van der Waals surface area (Å²) in [5, 5.41) is 5.52. The highest BCUT2D eigenvalue weighted by atomic mass is 35.5. The van der Waals surface area contributed by atoms with Crippen LogP contribution < -0.4 is 10.6 Å². The van der Waals surface area contributed by atoms with Crippen molar-refractivity contribution in [1.82, 2.24) is 10.6 Å². The van der Waals surface area contributed by atoms with Gasteiger partial charge in [-0.05, 0) is 38.1 Å². The van der Waals surface area contributed by atoms with Crippen LogP contribution in [0.1, 0.15) is 23.2 Å². The molecule has 0 unspecified atom stereocenters. The number of nitrogens with one attached hydrogen (secondary N) is 2. The van der Waals surface area contributed by atoms with Crippen molar-refractivity contribution in [2.24, 2.45) is 0 Å². The molecule has 18 heavy (non-hydrogen) atoms. The second kappa shape index (κ2) is 5.63. The van der Waals surface area contributed by atoms with Gasteiger partial charge in [-0.1, -0.05) is 11.6 Å². The number of amides is 1. The van der Waals surface area contributed by atoms with Gasteiger partial charge in [0.1, 0.15) is 11.6 Å². The van der Waals surface area contributed by atoms with Gasteiger partial charge in [0.05, 0.1) is 10.6 Å². The molecule has 2 rings (SSSR count). The standard InChI is InChI=1S/C12H13ClF2N2O/c13-9-6-10(14)8(5-11(9)15)12(18)17-7-1-3-16-4-2-7/h5-7,16H,1-4H2,(H,17,18). The first kappa shape index (κ1) is 13.2. The lowest BCUT2D eigenvalue weighted by Gasteiger charge is -2.23. The zero-order valence-corrected chi connectivity index (χ0v) is 10.4. The highest BCUT2D eigenvalue weighted by Gasteiger charge is 2.20. The fourth-order valence-corrected chi connectivity index (χ4v) is 2.08. The van der Waals surface area contributed by atoms with Crippen LogP contribution in [0, 0.1) is 11.6 Å². The third-order valence-electron chi connectivity index (χ3n) is 2.93. The van der Waals surface area contributed by atoms with Crippen LogP contribution in [0.15, 0.2) is 12.1 Å². The Morgan fingerprint density at radius 1 is 1.28 bits per heavy atom. The molecule has 2 N–H and O–H groups in total. The first-order valence-corrected chi connectivity index (χ1v) is 6.12. The molecule has 98 valence electrons. The molecule has 1 saturated heterocycles. The summed E-state index contributed by atoms with van der Waals surface area (Å²) in [6.07, 6.45) is 1.56. The molecule has 1 aromatic rings. The van der Waals surface area contributed by atoms with E-state index in [2.05, 4.69) is 10.6 Å². The Kier molecular flexibility index (Phi) is 4.14. The van der Waals surface area contributed by atoms with Crippen LogP contribution in [-0.4, -0.2) is 25.0 Å². The smallest absolute Gasteiger partial charge is 0.254 e. The lowest BCUT2D eigenvalue weighted by Crippen LogP contribution is -2.42. The van der Waals surface area contributed by atoms with Crippen molar-refractivity contribution in [3.8, 4) is 0 Å². The van der Waals surface area contributed by atoms with Gasteiger partial charge in [0, 0.05) is 6.04 Å². The molecule has 0 bridgehead atoms. The molecule has 1 aliphatic rings. The third kappa shape index (κ3) is 2.97. The summed E-state index contributed by atoms with van der Waals surface area (Å²) >= 11 is 5.43. The van der Waals surface area contributed by atoms with Gasteiger partial charge in [0.15, 0.2) is 0 Å². The fourth-order valence-electron chi connectivity index (χ4n) is 1.93. The van der Waals surface area contributed by atoms with Crippen LogP contribution in [0.4, 0.5) is 8.78 Å². The molecule has 6 heteroatoms. The van der Waals surface area contributed by atoms with E-state index in [0.717, 1.165) is 38.1 Å². The Labute approximate surface area is 109 Å². The number of carbonyl (C=O) groups excluding carboxylic acids is 1. The van der Waals surface area contributed by atoms with Crippen LogP contribution >= 0.6 is 11.6 Å². The van der Waals surface area contributed by atoms with Gasteiger partial charge >= 0.3 is 0 Å². The second-order valence-corrected chi connectivity index (χ2v) is 4.65. The number of benzene rings is 1. The maximum atomic E-state index is 13.5. The topological polar surface area (TPSA) is 41.1 Å². The average molecular weight is 275 g/mol. The Morgan fingerprint density at radius 2 is 1.94 bits per heavy atom. The second-order valence-electron chi connectivity index (χ2n) is 4.24. The predicted octanol–water partition coefficient (Wildman–Crippen LogP) is 2.10. The van der Waals surface area contributed by atoms with E-state index in [9.17, 15) is 13.6 Å². The first-order chi connectivity index (χ1) is 8.58. The summed E-state index contributed by atoms with van der Waals surface area (Å²) in [7, 11) is 0. The lowest BCUT2D eigenvalue weighted by atomic mass is 10.1. The molecular formula is C12H13ClF2N2O. The molecule has 0 radical (unpaired) electrons. The zero-order chi connectivity index (χ0) is 13.1. The molecule has 0 spiro atoms. The molecule has 3 nitrogen and oxygen atoms in total. The Morgan fingerprint density at radius 3 is 2.61 bits per heavy atom. The zero-order valence-electron chi connectivity index (χ0n) is 9.60. The normalized spacial score (nSPS) is 16.6. The minimum atomic E-state index is -0.812. The fraction of sp³-hybridized carbons (Fsp3) is 0.417. The lowest BCUT2D eigenvalue weighted by molar-refractivity contribution is 0.0925. The molecule has 1 amide bonds. The van der Waals surface area contributed by atoms with Crippen LogP contribution in [-0.2, 0) is 0 Å². The first-order valence-electron chi connectivity index (χ1n) is 5.74. The number of piperidine rings is 1. The molecule has 1 aromatic carbocycles. The summed E-state index contributed by atoms with van der Waals surface area (Å²) < 4.78 is 26.7. The molecule has 0 atom stereocenters. The van der Waals surface area contributed by atoms with E-state index < -0.39 is 17.5 Å². The Bertz CT molecular complexity index is 462. The van der Waals surface area contributed by atoms with E-state index in [0.29, 0.717) is 0 Å². The predicted molar refractivity (Wildman–Crippen MR) is 64.7 cm³/mol. The van der Waals surface area contributed by atoms with E-state index in [1.54, 1.807) is 0 Å². The monoisotopic (exact) mass is 274 g/mol. The highest BCUT2D eigenvalue weighted by molar-refractivity contribution is 6.30. The quantitative estimate of drug-likeness (QED) is 0.811. The van der Waals surface area contributed by atoms with Crippen LogP contribution in [0.2, 0.25) is 5.02 Å². The van der Waals surface area contributed by atoms with Crippen molar-refractivity contribution in [3.05, 3.63) is 34.4 Å². The maximum Gasteiger partial charge on any atom is 0.254 e. The van der Waals surface area contributed by atoms with E-state index in [4.69, 9.17) is 11.6 Å². The summed E-state index contributed by atoms with van der Waals surface area (Å²) in [5.74, 6) is -2.21. The largest absolute Gasteiger partial charge is 0.349 e. The van der Waals surface area contributed by atoms with Crippen molar-refractivity contribution in [3.63, 3.8) is 0 Å². The van der Waals surface area contributed by atoms with Gasteiger partial charge < -0.3 is 10.6 Å². The molecule has 1 aliphatic heterocycles. The number of carbonyl (C=O) groups is 1. The number of hydrogen-bond donors (Lipinski definition) is 2. The molecule has 1 heterocycles. The van der Waals surface area contributed by atoms with E-state index >= 15 is 0 Å². The molecule has 0 aromatic heterocycles. The van der Waals surface area contributed by atoms with Crippen molar-refractivity contribution in [2.45, 2.75) is 18.9 Å². The molecule has 0 aliphatic carbocycles. The van der Waals surface area contributed by atoms with E-state index in [1.807, 2.05) is 0 Å². The van der Waals surface area contributed by atoms with Crippen LogP contribution in [0.5, 0.6) is 0 Å². The highest BCUT2D eigenvalue weighted by Crippen LogP contribution is 2.19. The van der Waals surface area contributed by atoms with Crippen LogP contribution in [0.25, 0.3) is 0 Å². The maximum absolute atomic E-state index is 13.5. The SMILES string of the molecule is O=C(NC1CCNCC1)c1cc(F)c(Cl)cc1F. The van der Waals surface area contributed by atoms with Crippen molar-refractivity contribution < 1.29 is 13.6 Å². The van der Waals surface area contributed by atoms with Gasteiger partial charge in [0.2, 0.25) is 0 Å². The van der Waals surface area contributed by atoms with Gasteiger partial charge in [-0.25, -0.2) is 8.78 Å². The number of halogens is 3. The number of hydrogen-bond acceptors (Lipinski definition) is 2. The summed E-state index contributed by atoms with van der Waals surface area (Å²) in [6, 6.07) is 1.64. The van der Waals surface area contributed by atoms with Gasteiger partial charge in [-0.15, -0.1) is 0 Å². The summed E-state index contributed by atoms with van der Waals surface area (Å²) in [5.41, 5.74) is -0.310. The summed E-state index contributed by atoms with van der Waals surface area (Å²) in [6.45, 7) is 1.62. The van der Waals surface area contributed by atoms with E-state index in [1.165, 1.54) is 0 Å².